The number of aryl methyl sites for hydroxylation is 3. The van der Waals surface area contributed by atoms with Gasteiger partial charge in [0, 0.05) is 18.4 Å². The van der Waals surface area contributed by atoms with E-state index in [0.717, 1.165) is 16.0 Å². The number of pyridine rings is 1. The molecule has 0 bridgehead atoms. The smallest absolute Gasteiger partial charge is 0.307 e. The van der Waals surface area contributed by atoms with Crippen LogP contribution in [0.3, 0.4) is 0 Å². The largest absolute Gasteiger partial charge is 0.366 e. The lowest BCUT2D eigenvalue weighted by Gasteiger charge is -2.27. The zero-order valence-electron chi connectivity index (χ0n) is 13.7. The Morgan fingerprint density at radius 3 is 2.43 bits per heavy atom. The fourth-order valence-corrected chi connectivity index (χ4v) is 2.62. The molecule has 5 heteroatoms. The van der Waals surface area contributed by atoms with Crippen molar-refractivity contribution in [2.24, 2.45) is 0 Å². The van der Waals surface area contributed by atoms with Crippen molar-refractivity contribution in [3.05, 3.63) is 58.9 Å². The molecule has 0 atom stereocenters. The average molecular weight is 318 g/mol. The van der Waals surface area contributed by atoms with Crippen LogP contribution in [0.15, 0.2) is 36.5 Å². The highest BCUT2D eigenvalue weighted by atomic mass is 19.3. The molecule has 0 unspecified atom stereocenters. The number of carbonyl (C=O) groups is 1. The summed E-state index contributed by atoms with van der Waals surface area (Å²) >= 11 is 0. The van der Waals surface area contributed by atoms with E-state index in [-0.39, 0.29) is 6.54 Å². The van der Waals surface area contributed by atoms with Crippen LogP contribution in [0.25, 0.3) is 0 Å². The number of likely N-dealkylation sites (N-methyl/N-ethyl adjacent to an activating group) is 1. The van der Waals surface area contributed by atoms with Gasteiger partial charge in [0.05, 0.1) is 0 Å². The highest BCUT2D eigenvalue weighted by Crippen LogP contribution is 2.33. The van der Waals surface area contributed by atoms with E-state index < -0.39 is 17.5 Å². The third-order valence-corrected chi connectivity index (χ3v) is 3.78. The summed E-state index contributed by atoms with van der Waals surface area (Å²) in [6.07, 6.45) is 1.27. The van der Waals surface area contributed by atoms with Gasteiger partial charge in [-0.15, -0.1) is 0 Å². The maximum atomic E-state index is 14.7. The number of anilines is 1. The summed E-state index contributed by atoms with van der Waals surface area (Å²) < 4.78 is 29.4. The maximum Gasteiger partial charge on any atom is 0.366 e. The van der Waals surface area contributed by atoms with Crippen molar-refractivity contribution < 1.29 is 13.6 Å². The molecule has 2 aromatic rings. The number of hydrogen-bond acceptors (Lipinski definition) is 2. The van der Waals surface area contributed by atoms with Gasteiger partial charge in [-0.3, -0.25) is 9.78 Å². The van der Waals surface area contributed by atoms with E-state index in [9.17, 15) is 13.6 Å². The third kappa shape index (κ3) is 3.23. The summed E-state index contributed by atoms with van der Waals surface area (Å²) in [7, 11) is 0. The number of hydrogen-bond donors (Lipinski definition) is 0. The van der Waals surface area contributed by atoms with Crippen LogP contribution in [-0.2, 0) is 10.7 Å². The van der Waals surface area contributed by atoms with Gasteiger partial charge in [-0.05, 0) is 51.0 Å². The lowest BCUT2D eigenvalue weighted by Crippen LogP contribution is -2.43. The van der Waals surface area contributed by atoms with Gasteiger partial charge in [-0.2, -0.15) is 8.78 Å². The number of rotatable bonds is 4. The molecule has 3 nitrogen and oxygen atoms in total. The molecule has 0 spiro atoms. The van der Waals surface area contributed by atoms with Crippen molar-refractivity contribution in [2.75, 3.05) is 11.4 Å². The number of benzene rings is 1. The van der Waals surface area contributed by atoms with Gasteiger partial charge in [0.25, 0.3) is 0 Å². The number of aromatic nitrogens is 1. The second-order valence-electron chi connectivity index (χ2n) is 5.58. The minimum absolute atomic E-state index is 0.157. The highest BCUT2D eigenvalue weighted by molar-refractivity contribution is 5.99. The van der Waals surface area contributed by atoms with Crippen molar-refractivity contribution in [3.63, 3.8) is 0 Å². The first-order valence-corrected chi connectivity index (χ1v) is 7.48. The Morgan fingerprint density at radius 2 is 1.87 bits per heavy atom. The zero-order valence-corrected chi connectivity index (χ0v) is 13.7. The van der Waals surface area contributed by atoms with Crippen molar-refractivity contribution in [2.45, 2.75) is 33.6 Å². The minimum Gasteiger partial charge on any atom is -0.307 e. The molecule has 0 aliphatic heterocycles. The Bertz CT molecular complexity index is 729. The summed E-state index contributed by atoms with van der Waals surface area (Å²) in [5.41, 5.74) is 2.10. The Balaban J connectivity index is 2.45. The third-order valence-electron chi connectivity index (χ3n) is 3.78. The standard InChI is InChI=1S/C18H20F2N2O/c1-5-22(15-9-8-12(2)11-14(15)4)17(23)18(19,20)16-13(3)7-6-10-21-16/h6-11H,5H2,1-4H3. The molecule has 2 rings (SSSR count). The molecule has 1 aromatic carbocycles. The molecule has 0 saturated carbocycles. The second kappa shape index (κ2) is 6.44. The van der Waals surface area contributed by atoms with Gasteiger partial charge < -0.3 is 4.90 Å². The van der Waals surface area contributed by atoms with E-state index in [1.54, 1.807) is 19.1 Å². The fraction of sp³-hybridized carbons (Fsp3) is 0.333. The first kappa shape index (κ1) is 17.1. The molecular weight excluding hydrogens is 298 g/mol. The van der Waals surface area contributed by atoms with Gasteiger partial charge in [0.2, 0.25) is 0 Å². The Hall–Kier alpha value is -2.30. The quantitative estimate of drug-likeness (QED) is 0.848. The molecule has 23 heavy (non-hydrogen) atoms. The van der Waals surface area contributed by atoms with Crippen LogP contribution in [0.4, 0.5) is 14.5 Å². The molecule has 1 amide bonds. The predicted molar refractivity (Wildman–Crippen MR) is 86.8 cm³/mol. The van der Waals surface area contributed by atoms with E-state index in [2.05, 4.69) is 4.98 Å². The maximum absolute atomic E-state index is 14.7. The average Bonchev–Trinajstić information content (AvgIpc) is 2.50. The molecule has 0 aliphatic rings. The van der Waals surface area contributed by atoms with E-state index in [1.807, 2.05) is 26.0 Å². The van der Waals surface area contributed by atoms with Crippen LogP contribution < -0.4 is 4.90 Å². The predicted octanol–water partition coefficient (Wildman–Crippen LogP) is 4.15. The monoisotopic (exact) mass is 318 g/mol. The van der Waals surface area contributed by atoms with Crippen molar-refractivity contribution in [1.82, 2.24) is 4.98 Å². The van der Waals surface area contributed by atoms with E-state index in [0.29, 0.717) is 11.3 Å². The summed E-state index contributed by atoms with van der Waals surface area (Å²) in [6.45, 7) is 7.09. The normalized spacial score (nSPS) is 11.4. The molecule has 0 fully saturated rings. The zero-order chi connectivity index (χ0) is 17.2. The number of amides is 1. The van der Waals surface area contributed by atoms with Crippen LogP contribution in [0.1, 0.15) is 29.3 Å². The number of carbonyl (C=O) groups excluding carboxylic acids is 1. The van der Waals surface area contributed by atoms with Crippen LogP contribution in [-0.4, -0.2) is 17.4 Å². The minimum atomic E-state index is -3.67. The number of nitrogens with zero attached hydrogens (tertiary/aromatic N) is 2. The Kier molecular flexibility index (Phi) is 4.78. The number of alkyl halides is 2. The summed E-state index contributed by atoms with van der Waals surface area (Å²) in [6, 6.07) is 8.48. The van der Waals surface area contributed by atoms with Gasteiger partial charge in [-0.1, -0.05) is 23.8 Å². The molecule has 0 N–H and O–H groups in total. The van der Waals surface area contributed by atoms with E-state index in [1.165, 1.54) is 19.2 Å². The van der Waals surface area contributed by atoms with E-state index >= 15 is 0 Å². The molecule has 1 aromatic heterocycles. The van der Waals surface area contributed by atoms with Gasteiger partial charge in [0.15, 0.2) is 0 Å². The van der Waals surface area contributed by atoms with Crippen LogP contribution >= 0.6 is 0 Å². The summed E-state index contributed by atoms with van der Waals surface area (Å²) in [5, 5.41) is 0. The van der Waals surface area contributed by atoms with Gasteiger partial charge in [0.1, 0.15) is 5.69 Å². The van der Waals surface area contributed by atoms with Gasteiger partial charge in [-0.25, -0.2) is 0 Å². The molecule has 1 heterocycles. The molecule has 122 valence electrons. The van der Waals surface area contributed by atoms with Crippen LogP contribution in [0.5, 0.6) is 0 Å². The summed E-state index contributed by atoms with van der Waals surface area (Å²) in [5.74, 6) is -4.92. The van der Waals surface area contributed by atoms with Crippen LogP contribution in [0, 0.1) is 20.8 Å². The van der Waals surface area contributed by atoms with Crippen molar-refractivity contribution in [1.29, 1.82) is 0 Å². The SMILES string of the molecule is CCN(C(=O)C(F)(F)c1ncccc1C)c1ccc(C)cc1C. The van der Waals surface area contributed by atoms with E-state index in [4.69, 9.17) is 0 Å². The lowest BCUT2D eigenvalue weighted by molar-refractivity contribution is -0.144. The molecule has 0 aliphatic carbocycles. The van der Waals surface area contributed by atoms with Gasteiger partial charge >= 0.3 is 11.8 Å². The fourth-order valence-electron chi connectivity index (χ4n) is 2.62. The molecular formula is C18H20F2N2O. The van der Waals surface area contributed by atoms with Crippen LogP contribution in [0.2, 0.25) is 0 Å². The van der Waals surface area contributed by atoms with Crippen molar-refractivity contribution in [3.8, 4) is 0 Å². The first-order chi connectivity index (χ1) is 10.8. The molecule has 0 saturated heterocycles. The Morgan fingerprint density at radius 1 is 1.17 bits per heavy atom. The summed E-state index contributed by atoms with van der Waals surface area (Å²) in [4.78, 5) is 17.4. The Labute approximate surface area is 135 Å². The highest BCUT2D eigenvalue weighted by Gasteiger charge is 2.46. The lowest BCUT2D eigenvalue weighted by atomic mass is 10.1. The first-order valence-electron chi connectivity index (χ1n) is 7.48. The second-order valence-corrected chi connectivity index (χ2v) is 5.58. The van der Waals surface area contributed by atoms with Crippen molar-refractivity contribution >= 4 is 11.6 Å². The molecule has 0 radical (unpaired) electrons. The topological polar surface area (TPSA) is 33.2 Å². The number of halogens is 2.